The molecule has 1 unspecified atom stereocenters. The van der Waals surface area contributed by atoms with Gasteiger partial charge in [-0.3, -0.25) is 4.79 Å². The highest BCUT2D eigenvalue weighted by atomic mass is 79.9. The molecule has 3 nitrogen and oxygen atoms in total. The van der Waals surface area contributed by atoms with E-state index in [-0.39, 0.29) is 25.8 Å². The van der Waals surface area contributed by atoms with E-state index in [1.165, 1.54) is 4.90 Å². The van der Waals surface area contributed by atoms with Crippen LogP contribution in [0.15, 0.2) is 18.2 Å². The van der Waals surface area contributed by atoms with Crippen LogP contribution < -0.4 is 0 Å². The molecule has 1 aliphatic heterocycles. The van der Waals surface area contributed by atoms with Crippen LogP contribution in [0.2, 0.25) is 0 Å². The van der Waals surface area contributed by atoms with Crippen molar-refractivity contribution in [1.82, 2.24) is 4.90 Å². The Hall–Kier alpha value is -1.15. The van der Waals surface area contributed by atoms with E-state index in [4.69, 9.17) is 4.74 Å². The molecule has 0 aromatic heterocycles. The fourth-order valence-corrected chi connectivity index (χ4v) is 2.42. The van der Waals surface area contributed by atoms with Crippen LogP contribution in [0.3, 0.4) is 0 Å². The Balaban J connectivity index is 2.26. The lowest BCUT2D eigenvalue weighted by Gasteiger charge is -2.32. The number of hydrogen-bond donors (Lipinski definition) is 0. The van der Waals surface area contributed by atoms with E-state index in [1.54, 1.807) is 0 Å². The summed E-state index contributed by atoms with van der Waals surface area (Å²) in [6.45, 7) is 0.695. The van der Waals surface area contributed by atoms with E-state index in [9.17, 15) is 22.4 Å². The molecule has 1 atom stereocenters. The second-order valence-electron chi connectivity index (χ2n) is 4.59. The first-order valence-electron chi connectivity index (χ1n) is 6.16. The van der Waals surface area contributed by atoms with Crippen LogP contribution >= 0.6 is 15.9 Å². The number of morpholine rings is 1. The molecule has 1 aromatic carbocycles. The SMILES string of the molecule is O=C(c1cc(C(F)(F)F)ccc1F)N1CCOC(CBr)C1. The zero-order valence-electron chi connectivity index (χ0n) is 10.8. The Morgan fingerprint density at radius 3 is 2.76 bits per heavy atom. The summed E-state index contributed by atoms with van der Waals surface area (Å²) >= 11 is 3.21. The van der Waals surface area contributed by atoms with E-state index in [0.717, 1.165) is 0 Å². The molecule has 8 heteroatoms. The third-order valence-corrected chi connectivity index (χ3v) is 3.84. The summed E-state index contributed by atoms with van der Waals surface area (Å²) in [5.74, 6) is -1.72. The predicted octanol–water partition coefficient (Wildman–Crippen LogP) is 3.08. The minimum atomic E-state index is -4.62. The molecule has 2 rings (SSSR count). The molecule has 116 valence electrons. The highest BCUT2D eigenvalue weighted by Gasteiger charge is 2.33. The first kappa shape index (κ1) is 16.2. The number of amides is 1. The smallest absolute Gasteiger partial charge is 0.374 e. The fraction of sp³-hybridized carbons (Fsp3) is 0.462. The molecule has 1 saturated heterocycles. The zero-order chi connectivity index (χ0) is 15.6. The summed E-state index contributed by atoms with van der Waals surface area (Å²) in [6.07, 6.45) is -4.87. The largest absolute Gasteiger partial charge is 0.416 e. The molecule has 1 aliphatic rings. The average molecular weight is 370 g/mol. The summed E-state index contributed by atoms with van der Waals surface area (Å²) in [5, 5.41) is 0.488. The van der Waals surface area contributed by atoms with Crippen LogP contribution in [0.25, 0.3) is 0 Å². The van der Waals surface area contributed by atoms with E-state index >= 15 is 0 Å². The molecule has 0 spiro atoms. The third kappa shape index (κ3) is 3.74. The minimum Gasteiger partial charge on any atom is -0.374 e. The topological polar surface area (TPSA) is 29.5 Å². The van der Waals surface area contributed by atoms with Crippen LogP contribution in [0.5, 0.6) is 0 Å². The third-order valence-electron chi connectivity index (χ3n) is 3.12. The molecule has 1 aromatic rings. The van der Waals surface area contributed by atoms with Gasteiger partial charge in [0.15, 0.2) is 0 Å². The second kappa shape index (κ2) is 6.31. The molecule has 21 heavy (non-hydrogen) atoms. The van der Waals surface area contributed by atoms with E-state index in [2.05, 4.69) is 15.9 Å². The maximum absolute atomic E-state index is 13.7. The first-order chi connectivity index (χ1) is 9.82. The Morgan fingerprint density at radius 1 is 1.43 bits per heavy atom. The lowest BCUT2D eigenvalue weighted by atomic mass is 10.1. The van der Waals surface area contributed by atoms with Crippen LogP contribution in [0, 0.1) is 5.82 Å². The Labute approximate surface area is 127 Å². The van der Waals surface area contributed by atoms with Crippen molar-refractivity contribution in [2.45, 2.75) is 12.3 Å². The van der Waals surface area contributed by atoms with Gasteiger partial charge in [-0.15, -0.1) is 0 Å². The quantitative estimate of drug-likeness (QED) is 0.592. The van der Waals surface area contributed by atoms with Crippen molar-refractivity contribution in [3.05, 3.63) is 35.1 Å². The molecule has 1 amide bonds. The number of benzene rings is 1. The summed E-state index contributed by atoms with van der Waals surface area (Å²) in [6, 6.07) is 1.83. The number of carbonyl (C=O) groups excluding carboxylic acids is 1. The maximum Gasteiger partial charge on any atom is 0.416 e. The van der Waals surface area contributed by atoms with Gasteiger partial charge < -0.3 is 9.64 Å². The minimum absolute atomic E-state index is 0.208. The Bertz CT molecular complexity index is 535. The van der Waals surface area contributed by atoms with Gasteiger partial charge in [0.25, 0.3) is 5.91 Å². The summed E-state index contributed by atoms with van der Waals surface area (Å²) in [7, 11) is 0. The van der Waals surface area contributed by atoms with Gasteiger partial charge in [-0.25, -0.2) is 4.39 Å². The van der Waals surface area contributed by atoms with E-state index in [0.29, 0.717) is 23.5 Å². The van der Waals surface area contributed by atoms with Gasteiger partial charge in [0.1, 0.15) is 5.82 Å². The lowest BCUT2D eigenvalue weighted by Crippen LogP contribution is -2.46. The lowest BCUT2D eigenvalue weighted by molar-refractivity contribution is -0.137. The van der Waals surface area contributed by atoms with Gasteiger partial charge in [-0.05, 0) is 18.2 Å². The van der Waals surface area contributed by atoms with E-state index < -0.39 is 29.0 Å². The second-order valence-corrected chi connectivity index (χ2v) is 5.24. The molecule has 0 radical (unpaired) electrons. The summed E-state index contributed by atoms with van der Waals surface area (Å²) in [4.78, 5) is 13.5. The van der Waals surface area contributed by atoms with Crippen LogP contribution in [0.4, 0.5) is 17.6 Å². The van der Waals surface area contributed by atoms with Crippen molar-refractivity contribution in [1.29, 1.82) is 0 Å². The highest BCUT2D eigenvalue weighted by molar-refractivity contribution is 9.09. The number of rotatable bonds is 2. The Morgan fingerprint density at radius 2 is 2.14 bits per heavy atom. The normalized spacial score (nSPS) is 19.7. The van der Waals surface area contributed by atoms with Gasteiger partial charge in [0.05, 0.1) is 23.8 Å². The number of nitrogens with zero attached hydrogens (tertiary/aromatic N) is 1. The van der Waals surface area contributed by atoms with Crippen LogP contribution in [0.1, 0.15) is 15.9 Å². The Kier molecular flexibility index (Phi) is 4.88. The van der Waals surface area contributed by atoms with Crippen LogP contribution in [-0.2, 0) is 10.9 Å². The molecule has 0 saturated carbocycles. The van der Waals surface area contributed by atoms with Crippen molar-refractivity contribution in [3.63, 3.8) is 0 Å². The highest BCUT2D eigenvalue weighted by Crippen LogP contribution is 2.30. The van der Waals surface area contributed by atoms with E-state index in [1.807, 2.05) is 0 Å². The van der Waals surface area contributed by atoms with Gasteiger partial charge in [-0.1, -0.05) is 15.9 Å². The standard InChI is InChI=1S/C13H12BrF4NO2/c14-6-9-7-19(3-4-21-9)12(20)10-5-8(13(16,17)18)1-2-11(10)15/h1-2,5,9H,3-4,6-7H2. The maximum atomic E-state index is 13.7. The van der Waals surface area contributed by atoms with Gasteiger partial charge in [0, 0.05) is 18.4 Å². The molecule has 1 fully saturated rings. The first-order valence-corrected chi connectivity index (χ1v) is 7.28. The number of alkyl halides is 4. The van der Waals surface area contributed by atoms with Gasteiger partial charge >= 0.3 is 6.18 Å². The molecule has 0 bridgehead atoms. The molecule has 0 aliphatic carbocycles. The van der Waals surface area contributed by atoms with Crippen molar-refractivity contribution < 1.29 is 27.1 Å². The van der Waals surface area contributed by atoms with Gasteiger partial charge in [0.2, 0.25) is 0 Å². The van der Waals surface area contributed by atoms with Crippen molar-refractivity contribution >= 4 is 21.8 Å². The van der Waals surface area contributed by atoms with Crippen LogP contribution in [-0.4, -0.2) is 41.9 Å². The summed E-state index contributed by atoms with van der Waals surface area (Å²) in [5.41, 5.74) is -1.61. The van der Waals surface area contributed by atoms with Crippen molar-refractivity contribution in [2.24, 2.45) is 0 Å². The number of halogens is 5. The molecular formula is C13H12BrF4NO2. The molecular weight excluding hydrogens is 358 g/mol. The monoisotopic (exact) mass is 369 g/mol. The predicted molar refractivity (Wildman–Crippen MR) is 70.8 cm³/mol. The summed E-state index contributed by atoms with van der Waals surface area (Å²) < 4.78 is 57.0. The average Bonchev–Trinajstić information content (AvgIpc) is 2.46. The zero-order valence-corrected chi connectivity index (χ0v) is 12.4. The number of ether oxygens (including phenoxy) is 1. The van der Waals surface area contributed by atoms with Gasteiger partial charge in [-0.2, -0.15) is 13.2 Å². The molecule has 0 N–H and O–H groups in total. The molecule has 1 heterocycles. The fourth-order valence-electron chi connectivity index (χ4n) is 2.03. The van der Waals surface area contributed by atoms with Crippen molar-refractivity contribution in [3.8, 4) is 0 Å². The van der Waals surface area contributed by atoms with Crippen molar-refractivity contribution in [2.75, 3.05) is 25.0 Å². The number of carbonyl (C=O) groups is 1. The number of hydrogen-bond acceptors (Lipinski definition) is 2.